The Labute approximate surface area is 813 Å². The van der Waals surface area contributed by atoms with Gasteiger partial charge in [0.1, 0.15) is 108 Å². The number of benzene rings is 8. The van der Waals surface area contributed by atoms with Crippen LogP contribution in [0.25, 0.3) is 22.3 Å². The van der Waals surface area contributed by atoms with Gasteiger partial charge in [-0.1, -0.05) is 115 Å². The largest absolute Gasteiger partial charge is 0.524 e. The van der Waals surface area contributed by atoms with E-state index in [1.807, 2.05) is 36.4 Å². The van der Waals surface area contributed by atoms with E-state index in [-0.39, 0.29) is 48.2 Å². The summed E-state index contributed by atoms with van der Waals surface area (Å²) < 4.78 is 74.7. The zero-order chi connectivity index (χ0) is 101. The van der Waals surface area contributed by atoms with Crippen LogP contribution in [0.1, 0.15) is 137 Å². The summed E-state index contributed by atoms with van der Waals surface area (Å²) in [6.45, 7) is 8.12. The maximum atomic E-state index is 16.7. The van der Waals surface area contributed by atoms with Gasteiger partial charge in [-0.25, -0.2) is 14.2 Å². The van der Waals surface area contributed by atoms with Crippen LogP contribution >= 0.6 is 42.6 Å². The molecule has 0 radical (unpaired) electrons. The predicted octanol–water partition coefficient (Wildman–Crippen LogP) is 6.02. The highest BCUT2D eigenvalue weighted by atomic mass is 35.5. The van der Waals surface area contributed by atoms with Crippen molar-refractivity contribution in [3.05, 3.63) is 206 Å². The second kappa shape index (κ2) is 42.7. The summed E-state index contributed by atoms with van der Waals surface area (Å²) in [6, 6.07) is 17.6. The number of rotatable bonds is 23. The van der Waals surface area contributed by atoms with Gasteiger partial charge >= 0.3 is 19.9 Å². The Bertz CT molecular complexity index is 6070. The molecule has 8 aliphatic rings. The summed E-state index contributed by atoms with van der Waals surface area (Å²) in [5.41, 5.74) is 9.40. The molecular formula is C94H104Cl3N10O32P. The molecule has 23 N–H and O–H groups in total. The lowest BCUT2D eigenvalue weighted by atomic mass is 9.84. The summed E-state index contributed by atoms with van der Waals surface area (Å²) in [7, 11) is -3.80. The quantitative estimate of drug-likeness (QED) is 0.0326. The number of aliphatic carboxylic acids is 1. The van der Waals surface area contributed by atoms with E-state index in [1.165, 1.54) is 51.2 Å². The summed E-state index contributed by atoms with van der Waals surface area (Å²) in [4.78, 5) is 157. The first kappa shape index (κ1) is 104. The highest BCUT2D eigenvalue weighted by Crippen LogP contribution is 2.51. The molecule has 748 valence electrons. The van der Waals surface area contributed by atoms with Gasteiger partial charge in [0.2, 0.25) is 53.4 Å². The van der Waals surface area contributed by atoms with Crippen LogP contribution < -0.4 is 67.4 Å². The molecule has 11 bridgehead atoms. The van der Waals surface area contributed by atoms with Crippen LogP contribution in [0.2, 0.25) is 15.1 Å². The molecule has 0 aromatic heterocycles. The summed E-state index contributed by atoms with van der Waals surface area (Å²) in [5, 5.41) is 136. The van der Waals surface area contributed by atoms with Gasteiger partial charge in [-0.05, 0) is 163 Å². The SMILES string of the molecule is CC(C)C[C@H](C(=O)N[C@H]1C(=O)N[C@@H](CC(N)=O)C(=O)N[C@H]2C(=O)N[C@H]3C(=O)N[C@H](C(=O)N[C@H](C(=O)O)c4cc(O)cc(O)c4-c4cc3ccc4O)[C@H](O[C@H]3C[C@](C)(N)[C@@H](O)[C@H](C)O3)c3ccc(c(Cl)c3)Oc3cc2cc(c3OC2O[C@H](CO)[C@@H](O)[C@H](O)[C@H]2O[C@H]2C[C@](C)(NCc3ccc(-c4ccc(Cl)cc4)cc3)[C@@H](O)[C@H](C)O2)Oc2ccc(cc2Cl)[C@H]1O)N(C)C(=O)OCc1ccc(OP(=O)(O)O)cc1. The Kier molecular flexibility index (Phi) is 31.7. The van der Waals surface area contributed by atoms with Crippen molar-refractivity contribution < 1.29 is 156 Å². The number of ether oxygens (including phenoxy) is 9. The van der Waals surface area contributed by atoms with E-state index in [1.54, 1.807) is 39.8 Å². The van der Waals surface area contributed by atoms with Gasteiger partial charge in [0.25, 0.3) is 0 Å². The number of primary amides is 1. The number of nitrogens with zero attached hydrogens (tertiary/aromatic N) is 1. The number of hydrogen-bond donors (Lipinski definition) is 21. The van der Waals surface area contributed by atoms with Gasteiger partial charge in [-0.2, -0.15) is 0 Å². The van der Waals surface area contributed by atoms with Gasteiger partial charge in [0.05, 0.1) is 47.5 Å². The molecule has 8 aromatic carbocycles. The van der Waals surface area contributed by atoms with E-state index >= 15 is 28.8 Å². The number of aliphatic hydroxyl groups excluding tert-OH is 6. The normalized spacial score (nSPS) is 27.8. The first-order valence-corrected chi connectivity index (χ1v) is 46.7. The van der Waals surface area contributed by atoms with Crippen molar-refractivity contribution in [2.24, 2.45) is 17.4 Å². The zero-order valence-electron chi connectivity index (χ0n) is 75.7. The first-order chi connectivity index (χ1) is 66.1. The Hall–Kier alpha value is -12.1. The fourth-order valence-corrected chi connectivity index (χ4v) is 18.4. The lowest BCUT2D eigenvalue weighted by Gasteiger charge is -2.48. The van der Waals surface area contributed by atoms with Crippen LogP contribution in [0.5, 0.6) is 51.7 Å². The summed E-state index contributed by atoms with van der Waals surface area (Å²) in [6.07, 6.45) is -25.4. The fraction of sp³-hybridized carbons (Fsp3) is 0.394. The number of aromatic hydroxyl groups is 3. The fourth-order valence-electron chi connectivity index (χ4n) is 17.4. The van der Waals surface area contributed by atoms with Crippen molar-refractivity contribution in [3.8, 4) is 74.0 Å². The molecule has 1 unspecified atom stereocenters. The van der Waals surface area contributed by atoms with Crippen molar-refractivity contribution in [3.63, 3.8) is 0 Å². The number of carbonyl (C=O) groups excluding carboxylic acids is 8. The number of halogens is 3. The number of phosphoric acid groups is 1. The maximum absolute atomic E-state index is 16.7. The highest BCUT2D eigenvalue weighted by molar-refractivity contribution is 7.46. The minimum Gasteiger partial charge on any atom is -0.508 e. The second-order valence-corrected chi connectivity index (χ2v) is 38.2. The van der Waals surface area contributed by atoms with Crippen molar-refractivity contribution in [1.82, 2.24) is 42.1 Å². The molecule has 8 aliphatic heterocycles. The minimum atomic E-state index is -4.97. The van der Waals surface area contributed by atoms with Gasteiger partial charge in [0.15, 0.2) is 36.2 Å². The van der Waals surface area contributed by atoms with E-state index in [0.29, 0.717) is 5.02 Å². The number of nitrogens with one attached hydrogen (secondary N) is 7. The smallest absolute Gasteiger partial charge is 0.508 e. The molecule has 0 spiro atoms. The Morgan fingerprint density at radius 3 is 1.83 bits per heavy atom. The van der Waals surface area contributed by atoms with E-state index in [4.69, 9.17) is 88.9 Å². The molecule has 8 heterocycles. The van der Waals surface area contributed by atoms with E-state index in [0.717, 1.165) is 94.4 Å². The number of nitrogens with two attached hydrogens (primary N) is 2. The molecular weight excluding hydrogens is 1920 g/mol. The van der Waals surface area contributed by atoms with E-state index in [2.05, 4.69) is 41.7 Å². The number of carboxylic acids is 1. The lowest BCUT2D eigenvalue weighted by molar-refractivity contribution is -0.334. The molecule has 8 aromatic rings. The second-order valence-electron chi connectivity index (χ2n) is 35.8. The van der Waals surface area contributed by atoms with Crippen molar-refractivity contribution in [2.75, 3.05) is 13.7 Å². The standard InChI is InChI=1S/C94H104Cl3N10O32P/c1-40(2)26-59(107(7)92(126)130-39-44-10-21-53(22-11-44)139-140(127,128)129)85(119)105-74-76(113)48-17-24-62(56(96)28-48)133-64-30-50-31-65(80(64)138-91-81(78(115)77(114)66(38-108)135-91)137-69-36-94(6,83(117)42(4)132-69)100-37-43-8-12-45(13-9-43)46-14-19-51(95)20-15-46)134-63-25-18-49(29-57(63)97)79(136-68-35-93(5,99)82(116)41(3)131-68)75-89(123)104-73(90(124)125)55-32-52(109)33-61(111)70(55)54-27-47(16-23-60(54)110)71(86(120)106-75)103-87(121)72(50)102-84(118)58(34-67(98)112)101-88(74)122/h8-25,27-33,40-42,58-59,66,68-69,71-79,81-83,91,100,108-111,113-117H,26,34-39,99H2,1-7H3,(H2,98,112)(H,101,122)(H,102,118)(H,103,121)(H,104,123)(H,105,119)(H,106,120)(H,124,125)(H2,127,128,129)/t41-,42-,58-,59+,66+,68-,69-,71+,72+,73-,74+,75-,76+,77+,78-,79+,81+,82-,83-,91?,93-,94-/m0/s1. The van der Waals surface area contributed by atoms with Crippen LogP contribution in [0.3, 0.4) is 0 Å². The number of carbonyl (C=O) groups is 9. The van der Waals surface area contributed by atoms with Crippen LogP contribution in [-0.2, 0) is 84.5 Å². The van der Waals surface area contributed by atoms with Crippen molar-refractivity contribution >= 4 is 96.0 Å². The Balaban J connectivity index is 0.939. The topological polar surface area (TPSA) is 645 Å². The number of amides is 8. The number of phenols is 3. The van der Waals surface area contributed by atoms with Gasteiger partial charge in [-0.15, -0.1) is 0 Å². The predicted molar refractivity (Wildman–Crippen MR) is 493 cm³/mol. The van der Waals surface area contributed by atoms with Gasteiger partial charge in [-0.3, -0.25) is 48.2 Å². The monoisotopic (exact) mass is 2020 g/mol. The summed E-state index contributed by atoms with van der Waals surface area (Å²) >= 11 is 21.0. The highest BCUT2D eigenvalue weighted by Gasteiger charge is 2.54. The molecule has 16 rings (SSSR count). The Morgan fingerprint density at radius 1 is 0.636 bits per heavy atom. The average Bonchev–Trinajstić information content (AvgIpc) is 0.753. The number of aliphatic hydroxyl groups is 6. The first-order valence-electron chi connectivity index (χ1n) is 44.0. The number of likely N-dealkylation sites (N-methyl/N-ethyl adjacent to an activating group) is 1. The molecule has 8 amide bonds. The van der Waals surface area contributed by atoms with Gasteiger partial charge in [0, 0.05) is 65.3 Å². The third-order valence-electron chi connectivity index (χ3n) is 24.8. The number of phenolic OH excluding ortho intramolecular Hbond substituents is 3. The molecule has 3 saturated heterocycles. The van der Waals surface area contributed by atoms with Crippen LogP contribution in [-0.4, -0.2) is 236 Å². The number of fused-ring (bicyclic) bond motifs is 15. The average molecular weight is 2020 g/mol. The Morgan fingerprint density at radius 2 is 1.22 bits per heavy atom. The third kappa shape index (κ3) is 23.5. The molecule has 3 fully saturated rings. The molecule has 22 atom stereocenters. The van der Waals surface area contributed by atoms with Crippen molar-refractivity contribution in [2.45, 2.75) is 214 Å². The number of phosphoric ester groups is 1. The number of hydrogen-bond acceptors (Lipinski definition) is 31. The minimum absolute atomic E-state index is 0.162. The van der Waals surface area contributed by atoms with Crippen molar-refractivity contribution in [1.29, 1.82) is 0 Å². The molecule has 0 saturated carbocycles. The lowest BCUT2D eigenvalue weighted by Crippen LogP contribution is -2.65. The van der Waals surface area contributed by atoms with Crippen LogP contribution in [0.4, 0.5) is 4.79 Å². The molecule has 46 heteroatoms. The van der Waals surface area contributed by atoms with Crippen LogP contribution in [0, 0.1) is 5.92 Å². The van der Waals surface area contributed by atoms with Crippen LogP contribution in [0.15, 0.2) is 152 Å². The zero-order valence-corrected chi connectivity index (χ0v) is 78.9. The summed E-state index contributed by atoms with van der Waals surface area (Å²) in [5.74, 6) is -18.0. The maximum Gasteiger partial charge on any atom is 0.524 e. The van der Waals surface area contributed by atoms with Gasteiger partial charge < -0.3 is 147 Å². The molecule has 42 nitrogen and oxygen atoms in total. The molecule has 140 heavy (non-hydrogen) atoms. The number of carboxylic acid groups (broad SMARTS) is 1. The third-order valence-corrected chi connectivity index (χ3v) is 26.1. The molecule has 0 aliphatic carbocycles. The van der Waals surface area contributed by atoms with E-state index < -0.39 is 304 Å². The van der Waals surface area contributed by atoms with E-state index in [9.17, 15) is 79.8 Å².